The van der Waals surface area contributed by atoms with Crippen LogP contribution in [0, 0.1) is 0 Å². The minimum atomic E-state index is -0.458. The van der Waals surface area contributed by atoms with Gasteiger partial charge in [0.2, 0.25) is 0 Å². The monoisotopic (exact) mass is 206 g/mol. The lowest BCUT2D eigenvalue weighted by atomic mass is 10.1. The van der Waals surface area contributed by atoms with Crippen molar-refractivity contribution in [3.05, 3.63) is 35.9 Å². The molecule has 1 fully saturated rings. The topological polar surface area (TPSA) is 18.5 Å². The van der Waals surface area contributed by atoms with Crippen molar-refractivity contribution in [2.45, 2.75) is 45.2 Å². The van der Waals surface area contributed by atoms with Crippen LogP contribution in [0.2, 0.25) is 0 Å². The van der Waals surface area contributed by atoms with Gasteiger partial charge < -0.3 is 9.47 Å². The molecule has 1 aliphatic rings. The van der Waals surface area contributed by atoms with E-state index < -0.39 is 5.79 Å². The van der Waals surface area contributed by atoms with E-state index in [0.29, 0.717) is 0 Å². The summed E-state index contributed by atoms with van der Waals surface area (Å²) in [7, 11) is 0. The van der Waals surface area contributed by atoms with Crippen LogP contribution in [0.1, 0.15) is 26.3 Å². The fourth-order valence-corrected chi connectivity index (χ4v) is 2.06. The second-order valence-electron chi connectivity index (χ2n) is 4.44. The standard InChI is InChI=1S/C13H18O2/c1-10-11(2)15-13(3,14-10)9-12-7-5-4-6-8-12/h4-8,10-11H,9H2,1-3H3/t10-,11-/m0/s1. The maximum atomic E-state index is 5.84. The Bertz CT molecular complexity index is 311. The van der Waals surface area contributed by atoms with Gasteiger partial charge in [0.25, 0.3) is 0 Å². The largest absolute Gasteiger partial charge is 0.344 e. The molecule has 1 saturated heterocycles. The summed E-state index contributed by atoms with van der Waals surface area (Å²) in [6, 6.07) is 10.3. The third-order valence-electron chi connectivity index (χ3n) is 2.90. The first-order chi connectivity index (χ1) is 7.09. The molecule has 15 heavy (non-hydrogen) atoms. The van der Waals surface area contributed by atoms with Crippen LogP contribution in [-0.4, -0.2) is 18.0 Å². The van der Waals surface area contributed by atoms with Crippen LogP contribution in [0.4, 0.5) is 0 Å². The number of rotatable bonds is 2. The highest BCUT2D eigenvalue weighted by Crippen LogP contribution is 2.31. The molecule has 1 aromatic carbocycles. The molecule has 1 aromatic rings. The first kappa shape index (κ1) is 10.7. The van der Waals surface area contributed by atoms with Crippen LogP contribution in [0.15, 0.2) is 30.3 Å². The normalized spacial score (nSPS) is 29.3. The van der Waals surface area contributed by atoms with Crippen molar-refractivity contribution in [3.63, 3.8) is 0 Å². The maximum absolute atomic E-state index is 5.84. The van der Waals surface area contributed by atoms with Crippen molar-refractivity contribution in [1.29, 1.82) is 0 Å². The SMILES string of the molecule is C[C@@H]1OC(C)(Cc2ccccc2)O[C@H]1C. The third kappa shape index (κ3) is 2.39. The molecule has 0 aliphatic carbocycles. The molecule has 0 unspecified atom stereocenters. The quantitative estimate of drug-likeness (QED) is 0.740. The summed E-state index contributed by atoms with van der Waals surface area (Å²) in [6.07, 6.45) is 1.17. The van der Waals surface area contributed by atoms with E-state index >= 15 is 0 Å². The zero-order valence-electron chi connectivity index (χ0n) is 9.57. The van der Waals surface area contributed by atoms with E-state index in [1.165, 1.54) is 5.56 Å². The second kappa shape index (κ2) is 3.95. The van der Waals surface area contributed by atoms with Gasteiger partial charge in [-0.2, -0.15) is 0 Å². The zero-order chi connectivity index (χ0) is 10.9. The van der Waals surface area contributed by atoms with Crippen molar-refractivity contribution in [2.75, 3.05) is 0 Å². The van der Waals surface area contributed by atoms with Crippen molar-refractivity contribution < 1.29 is 9.47 Å². The van der Waals surface area contributed by atoms with Gasteiger partial charge in [-0.05, 0) is 26.3 Å². The Morgan fingerprint density at radius 2 is 1.60 bits per heavy atom. The Morgan fingerprint density at radius 1 is 1.07 bits per heavy atom. The van der Waals surface area contributed by atoms with E-state index in [2.05, 4.69) is 26.0 Å². The average Bonchev–Trinajstić information content (AvgIpc) is 2.42. The lowest BCUT2D eigenvalue weighted by molar-refractivity contribution is -0.157. The fourth-order valence-electron chi connectivity index (χ4n) is 2.06. The molecule has 2 atom stereocenters. The fraction of sp³-hybridized carbons (Fsp3) is 0.538. The van der Waals surface area contributed by atoms with Gasteiger partial charge in [-0.15, -0.1) is 0 Å². The van der Waals surface area contributed by atoms with E-state index in [0.717, 1.165) is 6.42 Å². The Balaban J connectivity index is 2.06. The molecule has 0 bridgehead atoms. The van der Waals surface area contributed by atoms with Crippen LogP contribution in [0.5, 0.6) is 0 Å². The van der Waals surface area contributed by atoms with Gasteiger partial charge >= 0.3 is 0 Å². The maximum Gasteiger partial charge on any atom is 0.170 e. The molecule has 0 amide bonds. The van der Waals surface area contributed by atoms with Gasteiger partial charge in [-0.1, -0.05) is 30.3 Å². The number of ether oxygens (including phenoxy) is 2. The number of benzene rings is 1. The van der Waals surface area contributed by atoms with Crippen LogP contribution >= 0.6 is 0 Å². The van der Waals surface area contributed by atoms with Gasteiger partial charge in [-0.3, -0.25) is 0 Å². The van der Waals surface area contributed by atoms with Crippen molar-refractivity contribution >= 4 is 0 Å². The van der Waals surface area contributed by atoms with Crippen LogP contribution in [0.25, 0.3) is 0 Å². The van der Waals surface area contributed by atoms with Gasteiger partial charge in [-0.25, -0.2) is 0 Å². The highest BCUT2D eigenvalue weighted by Gasteiger charge is 2.39. The number of hydrogen-bond donors (Lipinski definition) is 0. The molecule has 0 N–H and O–H groups in total. The highest BCUT2D eigenvalue weighted by molar-refractivity contribution is 5.16. The minimum Gasteiger partial charge on any atom is -0.344 e. The smallest absolute Gasteiger partial charge is 0.170 e. The van der Waals surface area contributed by atoms with E-state index in [1.807, 2.05) is 25.1 Å². The molecule has 82 valence electrons. The summed E-state index contributed by atoms with van der Waals surface area (Å²) in [6.45, 7) is 6.13. The Hall–Kier alpha value is -0.860. The van der Waals surface area contributed by atoms with Gasteiger partial charge in [0, 0.05) is 6.42 Å². The van der Waals surface area contributed by atoms with Gasteiger partial charge in [0.05, 0.1) is 12.2 Å². The minimum absolute atomic E-state index is 0.179. The average molecular weight is 206 g/mol. The summed E-state index contributed by atoms with van der Waals surface area (Å²) in [5, 5.41) is 0. The van der Waals surface area contributed by atoms with Crippen molar-refractivity contribution in [3.8, 4) is 0 Å². The Kier molecular flexibility index (Phi) is 2.81. The summed E-state index contributed by atoms with van der Waals surface area (Å²) >= 11 is 0. The molecule has 0 spiro atoms. The highest BCUT2D eigenvalue weighted by atomic mass is 16.7. The van der Waals surface area contributed by atoms with E-state index in [4.69, 9.17) is 9.47 Å². The third-order valence-corrected chi connectivity index (χ3v) is 2.90. The molecule has 1 heterocycles. The molecular formula is C13H18O2. The Morgan fingerprint density at radius 3 is 2.13 bits per heavy atom. The lowest BCUT2D eigenvalue weighted by Crippen LogP contribution is -2.29. The number of hydrogen-bond acceptors (Lipinski definition) is 2. The van der Waals surface area contributed by atoms with E-state index in [9.17, 15) is 0 Å². The molecule has 0 saturated carbocycles. The first-order valence-electron chi connectivity index (χ1n) is 5.49. The van der Waals surface area contributed by atoms with Crippen LogP contribution in [-0.2, 0) is 15.9 Å². The van der Waals surface area contributed by atoms with Gasteiger partial charge in [0.1, 0.15) is 0 Å². The second-order valence-corrected chi connectivity index (χ2v) is 4.44. The van der Waals surface area contributed by atoms with E-state index in [1.54, 1.807) is 0 Å². The molecule has 0 radical (unpaired) electrons. The van der Waals surface area contributed by atoms with Gasteiger partial charge in [0.15, 0.2) is 5.79 Å². The molecule has 0 aromatic heterocycles. The molecule has 2 nitrogen and oxygen atoms in total. The predicted molar refractivity (Wildman–Crippen MR) is 59.6 cm³/mol. The lowest BCUT2D eigenvalue weighted by Gasteiger charge is -2.23. The first-order valence-corrected chi connectivity index (χ1v) is 5.49. The summed E-state index contributed by atoms with van der Waals surface area (Å²) < 4.78 is 11.7. The summed E-state index contributed by atoms with van der Waals surface area (Å²) in [5.41, 5.74) is 1.25. The predicted octanol–water partition coefficient (Wildman–Crippen LogP) is 2.77. The van der Waals surface area contributed by atoms with E-state index in [-0.39, 0.29) is 12.2 Å². The van der Waals surface area contributed by atoms with Crippen LogP contribution in [0.3, 0.4) is 0 Å². The van der Waals surface area contributed by atoms with Crippen molar-refractivity contribution in [2.24, 2.45) is 0 Å². The molecule has 2 rings (SSSR count). The molecule has 1 aliphatic heterocycles. The zero-order valence-corrected chi connectivity index (χ0v) is 9.57. The Labute approximate surface area is 91.2 Å². The van der Waals surface area contributed by atoms with Crippen LogP contribution < -0.4 is 0 Å². The molecule has 2 heteroatoms. The van der Waals surface area contributed by atoms with Crippen molar-refractivity contribution in [1.82, 2.24) is 0 Å². The summed E-state index contributed by atoms with van der Waals surface area (Å²) in [4.78, 5) is 0. The molecular weight excluding hydrogens is 188 g/mol. The summed E-state index contributed by atoms with van der Waals surface area (Å²) in [5.74, 6) is -0.458.